The number of hydrogen-bond donors (Lipinski definition) is 1. The van der Waals surface area contributed by atoms with Crippen molar-refractivity contribution in [2.75, 3.05) is 26.2 Å². The second kappa shape index (κ2) is 4.91. The molecule has 6 nitrogen and oxygen atoms in total. The zero-order valence-electron chi connectivity index (χ0n) is 9.30. The lowest BCUT2D eigenvalue weighted by atomic mass is 10.3. The zero-order chi connectivity index (χ0) is 11.5. The van der Waals surface area contributed by atoms with Gasteiger partial charge in [-0.15, -0.1) is 11.3 Å². The van der Waals surface area contributed by atoms with E-state index >= 15 is 0 Å². The molecule has 3 heterocycles. The molecule has 1 fully saturated rings. The van der Waals surface area contributed by atoms with Gasteiger partial charge in [0.1, 0.15) is 5.69 Å². The molecule has 0 spiro atoms. The molecule has 0 saturated carbocycles. The highest BCUT2D eigenvalue weighted by molar-refractivity contribution is 7.07. The van der Waals surface area contributed by atoms with Gasteiger partial charge in [-0.1, -0.05) is 5.16 Å². The molecule has 0 bridgehead atoms. The first-order chi connectivity index (χ1) is 8.42. The number of piperazine rings is 1. The number of aromatic nitrogens is 3. The van der Waals surface area contributed by atoms with E-state index in [0.717, 1.165) is 44.2 Å². The van der Waals surface area contributed by atoms with Gasteiger partial charge in [-0.2, -0.15) is 4.98 Å². The maximum absolute atomic E-state index is 5.19. The van der Waals surface area contributed by atoms with E-state index in [9.17, 15) is 0 Å². The van der Waals surface area contributed by atoms with Crippen LogP contribution in [0.1, 0.15) is 5.82 Å². The molecule has 17 heavy (non-hydrogen) atoms. The van der Waals surface area contributed by atoms with Crippen LogP contribution in [0.2, 0.25) is 0 Å². The molecule has 0 aliphatic carbocycles. The summed E-state index contributed by atoms with van der Waals surface area (Å²) in [6.07, 6.45) is 0. The van der Waals surface area contributed by atoms with Crippen molar-refractivity contribution in [3.63, 3.8) is 0 Å². The standard InChI is InChI=1S/C10H13N5OS/c1-3-15(4-2-11-1)5-9-13-10(16-14-9)8-6-17-7-12-8/h6-7,11H,1-5H2. The maximum atomic E-state index is 5.19. The normalized spacial score (nSPS) is 17.4. The van der Waals surface area contributed by atoms with Gasteiger partial charge in [0, 0.05) is 31.6 Å². The average Bonchev–Trinajstić information content (AvgIpc) is 3.00. The summed E-state index contributed by atoms with van der Waals surface area (Å²) in [6, 6.07) is 0. The molecule has 0 radical (unpaired) electrons. The number of hydrogen-bond acceptors (Lipinski definition) is 7. The molecule has 0 unspecified atom stereocenters. The monoisotopic (exact) mass is 251 g/mol. The van der Waals surface area contributed by atoms with Crippen LogP contribution in [0, 0.1) is 0 Å². The number of rotatable bonds is 3. The summed E-state index contributed by atoms with van der Waals surface area (Å²) in [7, 11) is 0. The van der Waals surface area contributed by atoms with E-state index in [1.165, 1.54) is 11.3 Å². The van der Waals surface area contributed by atoms with Gasteiger partial charge in [-0.05, 0) is 0 Å². The minimum Gasteiger partial charge on any atom is -0.332 e. The lowest BCUT2D eigenvalue weighted by Crippen LogP contribution is -2.43. The topological polar surface area (TPSA) is 67.1 Å². The van der Waals surface area contributed by atoms with Gasteiger partial charge in [0.15, 0.2) is 5.82 Å². The molecule has 1 aliphatic rings. The van der Waals surface area contributed by atoms with Crippen LogP contribution in [0.25, 0.3) is 11.6 Å². The largest absolute Gasteiger partial charge is 0.332 e. The number of thiazole rings is 1. The Morgan fingerprint density at radius 1 is 1.41 bits per heavy atom. The molecule has 2 aromatic heterocycles. The van der Waals surface area contributed by atoms with Crippen molar-refractivity contribution in [1.82, 2.24) is 25.3 Å². The van der Waals surface area contributed by atoms with Gasteiger partial charge in [-0.25, -0.2) is 4.98 Å². The van der Waals surface area contributed by atoms with Crippen LogP contribution < -0.4 is 5.32 Å². The molecule has 0 aromatic carbocycles. The van der Waals surface area contributed by atoms with Crippen molar-refractivity contribution in [2.45, 2.75) is 6.54 Å². The first kappa shape index (κ1) is 10.8. The lowest BCUT2D eigenvalue weighted by Gasteiger charge is -2.25. The first-order valence-corrected chi connectivity index (χ1v) is 6.50. The Morgan fingerprint density at radius 2 is 2.29 bits per heavy atom. The maximum Gasteiger partial charge on any atom is 0.277 e. The first-order valence-electron chi connectivity index (χ1n) is 5.56. The Labute approximate surface area is 103 Å². The van der Waals surface area contributed by atoms with Crippen molar-refractivity contribution >= 4 is 11.3 Å². The van der Waals surface area contributed by atoms with Crippen molar-refractivity contribution in [2.24, 2.45) is 0 Å². The van der Waals surface area contributed by atoms with Crippen LogP contribution in [0.5, 0.6) is 0 Å². The molecule has 0 amide bonds. The van der Waals surface area contributed by atoms with Crippen molar-refractivity contribution < 1.29 is 4.52 Å². The third kappa shape index (κ3) is 2.51. The summed E-state index contributed by atoms with van der Waals surface area (Å²) < 4.78 is 5.19. The Hall–Kier alpha value is -1.31. The molecular formula is C10H13N5OS. The molecule has 0 atom stereocenters. The predicted molar refractivity (Wildman–Crippen MR) is 63.6 cm³/mol. The van der Waals surface area contributed by atoms with E-state index in [2.05, 4.69) is 25.3 Å². The van der Waals surface area contributed by atoms with Crippen LogP contribution >= 0.6 is 11.3 Å². The van der Waals surface area contributed by atoms with E-state index in [1.807, 2.05) is 5.38 Å². The molecule has 90 valence electrons. The minimum atomic E-state index is 0.511. The lowest BCUT2D eigenvalue weighted by molar-refractivity contribution is 0.225. The average molecular weight is 251 g/mol. The predicted octanol–water partition coefficient (Wildman–Crippen LogP) is 0.598. The van der Waals surface area contributed by atoms with Gasteiger partial charge in [0.2, 0.25) is 0 Å². The van der Waals surface area contributed by atoms with Crippen LogP contribution in [-0.2, 0) is 6.54 Å². The van der Waals surface area contributed by atoms with E-state index in [0.29, 0.717) is 5.89 Å². The second-order valence-corrected chi connectivity index (χ2v) is 4.63. The third-order valence-corrected chi connectivity index (χ3v) is 3.28. The van der Waals surface area contributed by atoms with Crippen LogP contribution in [-0.4, -0.2) is 46.2 Å². The Bertz CT molecular complexity index is 463. The van der Waals surface area contributed by atoms with Crippen LogP contribution in [0.15, 0.2) is 15.4 Å². The minimum absolute atomic E-state index is 0.511. The molecule has 2 aromatic rings. The van der Waals surface area contributed by atoms with E-state index in [1.54, 1.807) is 5.51 Å². The van der Waals surface area contributed by atoms with E-state index in [-0.39, 0.29) is 0 Å². The third-order valence-electron chi connectivity index (χ3n) is 2.69. The summed E-state index contributed by atoms with van der Waals surface area (Å²) in [6.45, 7) is 4.85. The van der Waals surface area contributed by atoms with E-state index < -0.39 is 0 Å². The van der Waals surface area contributed by atoms with Crippen LogP contribution in [0.3, 0.4) is 0 Å². The van der Waals surface area contributed by atoms with Crippen molar-refractivity contribution in [1.29, 1.82) is 0 Å². The molecule has 3 rings (SSSR count). The van der Waals surface area contributed by atoms with Gasteiger partial charge < -0.3 is 9.84 Å². The highest BCUT2D eigenvalue weighted by atomic mass is 32.1. The highest BCUT2D eigenvalue weighted by Gasteiger charge is 2.15. The van der Waals surface area contributed by atoms with Crippen LogP contribution in [0.4, 0.5) is 0 Å². The molecular weight excluding hydrogens is 238 g/mol. The van der Waals surface area contributed by atoms with Gasteiger partial charge in [-0.3, -0.25) is 4.90 Å². The summed E-state index contributed by atoms with van der Waals surface area (Å²) in [5.41, 5.74) is 2.52. The Morgan fingerprint density at radius 3 is 3.06 bits per heavy atom. The van der Waals surface area contributed by atoms with Crippen molar-refractivity contribution in [3.8, 4) is 11.6 Å². The highest BCUT2D eigenvalue weighted by Crippen LogP contribution is 2.16. The number of nitrogens with zero attached hydrogens (tertiary/aromatic N) is 4. The fourth-order valence-corrected chi connectivity index (χ4v) is 2.34. The summed E-state index contributed by atoms with van der Waals surface area (Å²) in [4.78, 5) is 10.8. The molecule has 1 saturated heterocycles. The smallest absolute Gasteiger partial charge is 0.277 e. The van der Waals surface area contributed by atoms with Crippen molar-refractivity contribution in [3.05, 3.63) is 16.7 Å². The number of nitrogens with one attached hydrogen (secondary N) is 1. The summed E-state index contributed by atoms with van der Waals surface area (Å²) >= 11 is 1.52. The van der Waals surface area contributed by atoms with E-state index in [4.69, 9.17) is 4.52 Å². The fraction of sp³-hybridized carbons (Fsp3) is 0.500. The Kier molecular flexibility index (Phi) is 3.12. The summed E-state index contributed by atoms with van der Waals surface area (Å²) in [5.74, 6) is 1.24. The molecule has 7 heteroatoms. The Balaban J connectivity index is 1.68. The quantitative estimate of drug-likeness (QED) is 0.861. The second-order valence-electron chi connectivity index (χ2n) is 3.92. The zero-order valence-corrected chi connectivity index (χ0v) is 10.1. The molecule has 1 aliphatic heterocycles. The van der Waals surface area contributed by atoms with Gasteiger partial charge in [0.05, 0.1) is 12.1 Å². The molecule has 1 N–H and O–H groups in total. The van der Waals surface area contributed by atoms with Gasteiger partial charge in [0.25, 0.3) is 5.89 Å². The summed E-state index contributed by atoms with van der Waals surface area (Å²) in [5, 5.41) is 9.20. The SMILES string of the molecule is c1nc(-c2nc(CN3CCNCC3)no2)cs1. The fourth-order valence-electron chi connectivity index (χ4n) is 1.81. The van der Waals surface area contributed by atoms with Gasteiger partial charge >= 0.3 is 0 Å².